The molecular weight excluding hydrogens is 474 g/mol. The van der Waals surface area contributed by atoms with Gasteiger partial charge in [-0.05, 0) is 48.9 Å². The molecule has 1 aliphatic rings. The molecule has 0 spiro atoms. The average Bonchev–Trinajstić information content (AvgIpc) is 3.46. The summed E-state index contributed by atoms with van der Waals surface area (Å²) in [5.41, 5.74) is 2.90. The lowest BCUT2D eigenvalue weighted by Crippen LogP contribution is -2.30. The van der Waals surface area contributed by atoms with Gasteiger partial charge in [0.15, 0.2) is 11.5 Å². The highest BCUT2D eigenvalue weighted by atomic mass is 16.5. The maximum absolute atomic E-state index is 13.5. The van der Waals surface area contributed by atoms with Gasteiger partial charge in [-0.25, -0.2) is 4.98 Å². The third-order valence-electron chi connectivity index (χ3n) is 6.38. The number of hydrogen-bond acceptors (Lipinski definition) is 7. The van der Waals surface area contributed by atoms with E-state index in [1.807, 2.05) is 31.2 Å². The fraction of sp³-hybridized carbons (Fsp3) is 0.179. The number of hydrogen-bond donors (Lipinski definition) is 2. The van der Waals surface area contributed by atoms with Crippen LogP contribution < -0.4 is 19.1 Å². The number of benzene rings is 3. The van der Waals surface area contributed by atoms with Crippen LogP contribution in [0.15, 0.2) is 66.2 Å². The lowest BCUT2D eigenvalue weighted by atomic mass is 9.94. The first-order valence-corrected chi connectivity index (χ1v) is 11.5. The number of aliphatic hydroxyl groups is 1. The highest BCUT2D eigenvalue weighted by molar-refractivity contribution is 6.51. The van der Waals surface area contributed by atoms with Gasteiger partial charge in [0.1, 0.15) is 11.5 Å². The van der Waals surface area contributed by atoms with E-state index in [4.69, 9.17) is 14.2 Å². The number of para-hydroxylation sites is 2. The first-order chi connectivity index (χ1) is 17.9. The molecule has 2 N–H and O–H groups in total. The minimum absolute atomic E-state index is 0.0958. The normalized spacial score (nSPS) is 16.9. The van der Waals surface area contributed by atoms with Crippen molar-refractivity contribution in [3.63, 3.8) is 0 Å². The van der Waals surface area contributed by atoms with Gasteiger partial charge in [-0.1, -0.05) is 29.8 Å². The van der Waals surface area contributed by atoms with E-state index in [0.29, 0.717) is 39.4 Å². The summed E-state index contributed by atoms with van der Waals surface area (Å²) >= 11 is 0. The Hall–Kier alpha value is -4.79. The van der Waals surface area contributed by atoms with E-state index >= 15 is 0 Å². The van der Waals surface area contributed by atoms with Gasteiger partial charge in [-0.2, -0.15) is 0 Å². The van der Waals surface area contributed by atoms with Crippen molar-refractivity contribution in [2.24, 2.45) is 0 Å². The number of rotatable bonds is 6. The van der Waals surface area contributed by atoms with Crippen LogP contribution in [0.5, 0.6) is 17.2 Å². The van der Waals surface area contributed by atoms with E-state index in [9.17, 15) is 14.7 Å². The molecule has 1 aromatic heterocycles. The molecule has 5 rings (SSSR count). The lowest BCUT2D eigenvalue weighted by molar-refractivity contribution is -0.132. The van der Waals surface area contributed by atoms with Crippen LogP contribution in [0.1, 0.15) is 22.7 Å². The molecular formula is C28H25N3O6. The number of Topliss-reactive ketones (excluding diaryl/α,β-unsaturated/α-hetero) is 1. The molecule has 1 fully saturated rings. The number of aromatic nitrogens is 2. The van der Waals surface area contributed by atoms with Gasteiger partial charge in [0.25, 0.3) is 5.78 Å². The maximum atomic E-state index is 13.5. The Bertz CT molecular complexity index is 1540. The number of nitrogens with one attached hydrogen (secondary N) is 1. The van der Waals surface area contributed by atoms with Gasteiger partial charge in [-0.15, -0.1) is 0 Å². The molecule has 9 heteroatoms. The number of aromatic amines is 1. The Morgan fingerprint density at radius 2 is 1.62 bits per heavy atom. The monoisotopic (exact) mass is 499 g/mol. The topological polar surface area (TPSA) is 114 Å². The number of imidazole rings is 1. The number of ether oxygens (including phenoxy) is 3. The van der Waals surface area contributed by atoms with Crippen LogP contribution in [0.3, 0.4) is 0 Å². The number of H-pyrrole nitrogens is 1. The number of amides is 1. The van der Waals surface area contributed by atoms with Gasteiger partial charge in [-0.3, -0.25) is 14.5 Å². The number of carbonyl (C=O) groups is 2. The van der Waals surface area contributed by atoms with E-state index < -0.39 is 17.7 Å². The predicted octanol–water partition coefficient (Wildman–Crippen LogP) is 4.52. The molecule has 3 aromatic carbocycles. The summed E-state index contributed by atoms with van der Waals surface area (Å²) in [4.78, 5) is 36.0. The van der Waals surface area contributed by atoms with Crippen molar-refractivity contribution in [2.75, 3.05) is 26.2 Å². The van der Waals surface area contributed by atoms with Crippen molar-refractivity contribution in [1.82, 2.24) is 9.97 Å². The molecule has 0 saturated carbocycles. The zero-order valence-corrected chi connectivity index (χ0v) is 20.7. The molecule has 1 unspecified atom stereocenters. The second kappa shape index (κ2) is 9.34. The van der Waals surface area contributed by atoms with E-state index in [2.05, 4.69) is 9.97 Å². The van der Waals surface area contributed by atoms with Crippen LogP contribution >= 0.6 is 0 Å². The molecule has 0 radical (unpaired) electrons. The summed E-state index contributed by atoms with van der Waals surface area (Å²) in [6.07, 6.45) is 0. The van der Waals surface area contributed by atoms with Crippen LogP contribution in [0, 0.1) is 6.92 Å². The number of methoxy groups -OCH3 is 3. The Morgan fingerprint density at radius 1 is 0.919 bits per heavy atom. The quantitative estimate of drug-likeness (QED) is 0.228. The summed E-state index contributed by atoms with van der Waals surface area (Å²) in [6, 6.07) is 16.6. The highest BCUT2D eigenvalue weighted by Crippen LogP contribution is 2.44. The molecule has 1 saturated heterocycles. The molecule has 0 aliphatic carbocycles. The third kappa shape index (κ3) is 3.94. The van der Waals surface area contributed by atoms with Gasteiger partial charge >= 0.3 is 5.91 Å². The van der Waals surface area contributed by atoms with Crippen molar-refractivity contribution < 1.29 is 28.9 Å². The van der Waals surface area contributed by atoms with Crippen molar-refractivity contribution in [3.05, 3.63) is 82.9 Å². The second-order valence-corrected chi connectivity index (χ2v) is 8.56. The minimum Gasteiger partial charge on any atom is -0.507 e. The zero-order valence-electron chi connectivity index (χ0n) is 20.7. The van der Waals surface area contributed by atoms with Gasteiger partial charge in [0.05, 0.1) is 49.5 Å². The molecule has 1 aliphatic heterocycles. The third-order valence-corrected chi connectivity index (χ3v) is 6.38. The Morgan fingerprint density at radius 3 is 2.32 bits per heavy atom. The molecule has 37 heavy (non-hydrogen) atoms. The van der Waals surface area contributed by atoms with Crippen LogP contribution in [0.4, 0.5) is 5.95 Å². The second-order valence-electron chi connectivity index (χ2n) is 8.56. The van der Waals surface area contributed by atoms with E-state index in [0.717, 1.165) is 5.56 Å². The largest absolute Gasteiger partial charge is 0.507 e. The van der Waals surface area contributed by atoms with Crippen LogP contribution in [-0.4, -0.2) is 48.1 Å². The van der Waals surface area contributed by atoms with Crippen LogP contribution in [0.25, 0.3) is 16.8 Å². The minimum atomic E-state index is -1.01. The summed E-state index contributed by atoms with van der Waals surface area (Å²) in [6.45, 7) is 1.86. The van der Waals surface area contributed by atoms with E-state index in [1.165, 1.54) is 26.2 Å². The standard InChI is InChI=1S/C28H25N3O6/c1-15-9-11-20(35-2)17(13-15)25(32)23-24(16-10-12-21(36-3)22(14-16)37-4)31(27(34)26(23)33)28-29-18-7-5-6-8-19(18)30-28/h5-14,24,32H,1-4H3,(H,29,30)/b25-23+. The molecule has 1 amide bonds. The van der Waals surface area contributed by atoms with E-state index in [1.54, 1.807) is 36.4 Å². The molecule has 2 heterocycles. The van der Waals surface area contributed by atoms with Crippen molar-refractivity contribution in [3.8, 4) is 17.2 Å². The van der Waals surface area contributed by atoms with Crippen molar-refractivity contribution >= 4 is 34.4 Å². The number of nitrogens with zero attached hydrogens (tertiary/aromatic N) is 2. The zero-order chi connectivity index (χ0) is 26.3. The smallest absolute Gasteiger partial charge is 0.302 e. The number of carbonyl (C=O) groups excluding carboxylic acids is 2. The number of ketones is 1. The molecule has 9 nitrogen and oxygen atoms in total. The highest BCUT2D eigenvalue weighted by Gasteiger charge is 2.48. The first kappa shape index (κ1) is 23.9. The Balaban J connectivity index is 1.78. The average molecular weight is 500 g/mol. The molecule has 4 aromatic rings. The van der Waals surface area contributed by atoms with Crippen molar-refractivity contribution in [2.45, 2.75) is 13.0 Å². The fourth-order valence-corrected chi connectivity index (χ4v) is 4.59. The summed E-state index contributed by atoms with van der Waals surface area (Å²) in [7, 11) is 4.48. The SMILES string of the molecule is COc1ccc(C2/C(=C(\O)c3cc(C)ccc3OC)C(=O)C(=O)N2c2nc3ccccc3[nH]2)cc1OC. The first-order valence-electron chi connectivity index (χ1n) is 11.5. The molecule has 0 bridgehead atoms. The predicted molar refractivity (Wildman–Crippen MR) is 138 cm³/mol. The van der Waals surface area contributed by atoms with Crippen LogP contribution in [-0.2, 0) is 9.59 Å². The maximum Gasteiger partial charge on any atom is 0.302 e. The summed E-state index contributed by atoms with van der Waals surface area (Å²) < 4.78 is 16.3. The van der Waals surface area contributed by atoms with E-state index in [-0.39, 0.29) is 17.3 Å². The number of aryl methyl sites for hydroxylation is 1. The van der Waals surface area contributed by atoms with Gasteiger partial charge in [0, 0.05) is 0 Å². The number of anilines is 1. The summed E-state index contributed by atoms with van der Waals surface area (Å²) in [5, 5.41) is 11.5. The van der Waals surface area contributed by atoms with Gasteiger partial charge in [0.2, 0.25) is 5.95 Å². The fourth-order valence-electron chi connectivity index (χ4n) is 4.59. The van der Waals surface area contributed by atoms with Gasteiger partial charge < -0.3 is 24.3 Å². The Labute approximate surface area is 212 Å². The number of aliphatic hydroxyl groups excluding tert-OH is 1. The number of fused-ring (bicyclic) bond motifs is 1. The molecule has 188 valence electrons. The summed E-state index contributed by atoms with van der Waals surface area (Å²) in [5.74, 6) is -0.594. The van der Waals surface area contributed by atoms with Crippen molar-refractivity contribution in [1.29, 1.82) is 0 Å². The molecule has 1 atom stereocenters. The lowest BCUT2D eigenvalue weighted by Gasteiger charge is -2.24. The Kier molecular flexibility index (Phi) is 6.04. The van der Waals surface area contributed by atoms with Crippen LogP contribution in [0.2, 0.25) is 0 Å².